The average molecular weight is 222 g/mol. The van der Waals surface area contributed by atoms with Gasteiger partial charge in [0.05, 0.1) is 0 Å². The SMILES string of the molecule is CCC[C@@H](C)c1ccc(CC(C)S)cc1. The quantitative estimate of drug-likeness (QED) is 0.699. The zero-order chi connectivity index (χ0) is 11.3. The minimum atomic E-state index is 0.448. The predicted octanol–water partition coefficient (Wildman–Crippen LogP) is 4.45. The molecule has 1 aromatic rings. The van der Waals surface area contributed by atoms with E-state index in [0.29, 0.717) is 11.2 Å². The van der Waals surface area contributed by atoms with Crippen molar-refractivity contribution in [2.75, 3.05) is 0 Å². The first-order valence-electron chi connectivity index (χ1n) is 5.90. The Bertz CT molecular complexity index is 274. The molecule has 1 unspecified atom stereocenters. The van der Waals surface area contributed by atoms with Gasteiger partial charge >= 0.3 is 0 Å². The van der Waals surface area contributed by atoms with E-state index in [1.54, 1.807) is 0 Å². The van der Waals surface area contributed by atoms with E-state index in [0.717, 1.165) is 6.42 Å². The van der Waals surface area contributed by atoms with Crippen LogP contribution in [0, 0.1) is 0 Å². The van der Waals surface area contributed by atoms with Crippen LogP contribution in [0.1, 0.15) is 50.7 Å². The van der Waals surface area contributed by atoms with Gasteiger partial charge in [-0.2, -0.15) is 12.6 Å². The third-order valence-corrected chi connectivity index (χ3v) is 2.98. The van der Waals surface area contributed by atoms with E-state index in [4.69, 9.17) is 0 Å². The van der Waals surface area contributed by atoms with Gasteiger partial charge in [-0.25, -0.2) is 0 Å². The van der Waals surface area contributed by atoms with Crippen LogP contribution < -0.4 is 0 Å². The fraction of sp³-hybridized carbons (Fsp3) is 0.571. The van der Waals surface area contributed by atoms with Crippen molar-refractivity contribution in [1.82, 2.24) is 0 Å². The van der Waals surface area contributed by atoms with Crippen LogP contribution in [-0.4, -0.2) is 5.25 Å². The first kappa shape index (κ1) is 12.6. The van der Waals surface area contributed by atoms with Crippen LogP contribution in [0.4, 0.5) is 0 Å². The Balaban J connectivity index is 2.63. The summed E-state index contributed by atoms with van der Waals surface area (Å²) < 4.78 is 0. The maximum atomic E-state index is 4.41. The van der Waals surface area contributed by atoms with E-state index in [9.17, 15) is 0 Å². The molecule has 15 heavy (non-hydrogen) atoms. The van der Waals surface area contributed by atoms with Crippen LogP contribution >= 0.6 is 12.6 Å². The fourth-order valence-electron chi connectivity index (χ4n) is 1.92. The van der Waals surface area contributed by atoms with Crippen LogP contribution in [-0.2, 0) is 6.42 Å². The number of thiol groups is 1. The van der Waals surface area contributed by atoms with Crippen molar-refractivity contribution >= 4 is 12.6 Å². The molecule has 0 saturated carbocycles. The van der Waals surface area contributed by atoms with Gasteiger partial charge in [-0.1, -0.05) is 51.5 Å². The first-order chi connectivity index (χ1) is 7.13. The highest BCUT2D eigenvalue weighted by Gasteiger charge is 2.04. The highest BCUT2D eigenvalue weighted by Crippen LogP contribution is 2.21. The second kappa shape index (κ2) is 6.22. The topological polar surface area (TPSA) is 0 Å². The standard InChI is InChI=1S/C14H22S/c1-4-5-11(2)14-8-6-13(7-9-14)10-12(3)15/h6-9,11-12,15H,4-5,10H2,1-3H3/t11-,12?/m1/s1. The molecule has 0 spiro atoms. The Morgan fingerprint density at radius 1 is 1.13 bits per heavy atom. The normalized spacial score (nSPS) is 14.9. The zero-order valence-corrected chi connectivity index (χ0v) is 10.9. The van der Waals surface area contributed by atoms with Crippen LogP contribution in [0.25, 0.3) is 0 Å². The maximum absolute atomic E-state index is 4.41. The summed E-state index contributed by atoms with van der Waals surface area (Å²) in [5.41, 5.74) is 2.86. The lowest BCUT2D eigenvalue weighted by atomic mass is 9.95. The molecule has 1 aromatic carbocycles. The van der Waals surface area contributed by atoms with Gasteiger partial charge < -0.3 is 0 Å². The van der Waals surface area contributed by atoms with Gasteiger partial charge in [0, 0.05) is 5.25 Å². The second-order valence-electron chi connectivity index (χ2n) is 4.48. The Hall–Kier alpha value is -0.430. The minimum absolute atomic E-state index is 0.448. The molecule has 1 heteroatoms. The van der Waals surface area contributed by atoms with Gasteiger partial charge in [0.2, 0.25) is 0 Å². The molecule has 0 aliphatic heterocycles. The predicted molar refractivity (Wildman–Crippen MR) is 71.9 cm³/mol. The highest BCUT2D eigenvalue weighted by atomic mass is 32.1. The molecule has 0 N–H and O–H groups in total. The van der Waals surface area contributed by atoms with E-state index in [1.807, 2.05) is 0 Å². The first-order valence-corrected chi connectivity index (χ1v) is 6.42. The van der Waals surface area contributed by atoms with Crippen LogP contribution in [0.15, 0.2) is 24.3 Å². The van der Waals surface area contributed by atoms with Crippen molar-refractivity contribution in [2.45, 2.75) is 51.2 Å². The third-order valence-electron chi connectivity index (χ3n) is 2.80. The summed E-state index contributed by atoms with van der Waals surface area (Å²) >= 11 is 4.41. The molecular formula is C14H22S. The Kier molecular flexibility index (Phi) is 5.24. The molecule has 0 bridgehead atoms. The summed E-state index contributed by atoms with van der Waals surface area (Å²) in [6.45, 7) is 6.68. The van der Waals surface area contributed by atoms with E-state index in [-0.39, 0.29) is 0 Å². The molecular weight excluding hydrogens is 200 g/mol. The van der Waals surface area contributed by atoms with Crippen molar-refractivity contribution in [3.05, 3.63) is 35.4 Å². The van der Waals surface area contributed by atoms with Gasteiger partial charge in [0.15, 0.2) is 0 Å². The molecule has 0 nitrogen and oxygen atoms in total. The van der Waals surface area contributed by atoms with Crippen molar-refractivity contribution in [2.24, 2.45) is 0 Å². The van der Waals surface area contributed by atoms with Gasteiger partial charge in [-0.3, -0.25) is 0 Å². The van der Waals surface area contributed by atoms with Crippen LogP contribution in [0.2, 0.25) is 0 Å². The van der Waals surface area contributed by atoms with Gasteiger partial charge in [0.1, 0.15) is 0 Å². The molecule has 2 atom stereocenters. The molecule has 0 amide bonds. The smallest absolute Gasteiger partial charge is 0.00288 e. The Morgan fingerprint density at radius 3 is 2.20 bits per heavy atom. The summed E-state index contributed by atoms with van der Waals surface area (Å²) in [6, 6.07) is 9.03. The van der Waals surface area contributed by atoms with Crippen LogP contribution in [0.3, 0.4) is 0 Å². The van der Waals surface area contributed by atoms with Gasteiger partial charge in [-0.05, 0) is 29.9 Å². The van der Waals surface area contributed by atoms with Crippen molar-refractivity contribution in [3.63, 3.8) is 0 Å². The minimum Gasteiger partial charge on any atom is -0.176 e. The van der Waals surface area contributed by atoms with Crippen LogP contribution in [0.5, 0.6) is 0 Å². The average Bonchev–Trinajstić information content (AvgIpc) is 2.18. The van der Waals surface area contributed by atoms with E-state index in [2.05, 4.69) is 57.7 Å². The monoisotopic (exact) mass is 222 g/mol. The summed E-state index contributed by atoms with van der Waals surface area (Å²) in [4.78, 5) is 0. The molecule has 0 aliphatic carbocycles. The van der Waals surface area contributed by atoms with E-state index in [1.165, 1.54) is 24.0 Å². The highest BCUT2D eigenvalue weighted by molar-refractivity contribution is 7.80. The Labute approximate surface area is 99.5 Å². The largest absolute Gasteiger partial charge is 0.176 e. The molecule has 1 rings (SSSR count). The molecule has 0 heterocycles. The Morgan fingerprint density at radius 2 is 1.73 bits per heavy atom. The lowest BCUT2D eigenvalue weighted by Gasteiger charge is -2.11. The molecule has 0 saturated heterocycles. The molecule has 0 fully saturated rings. The molecule has 0 aromatic heterocycles. The van der Waals surface area contributed by atoms with Gasteiger partial charge in [-0.15, -0.1) is 0 Å². The number of rotatable bonds is 5. The lowest BCUT2D eigenvalue weighted by molar-refractivity contribution is 0.664. The van der Waals surface area contributed by atoms with Crippen molar-refractivity contribution < 1.29 is 0 Å². The van der Waals surface area contributed by atoms with Crippen molar-refractivity contribution in [1.29, 1.82) is 0 Å². The van der Waals surface area contributed by atoms with Gasteiger partial charge in [0.25, 0.3) is 0 Å². The number of benzene rings is 1. The molecule has 0 radical (unpaired) electrons. The molecule has 84 valence electrons. The summed E-state index contributed by atoms with van der Waals surface area (Å²) in [7, 11) is 0. The zero-order valence-electron chi connectivity index (χ0n) is 10.0. The fourth-order valence-corrected chi connectivity index (χ4v) is 2.13. The maximum Gasteiger partial charge on any atom is 0.00288 e. The van der Waals surface area contributed by atoms with E-state index < -0.39 is 0 Å². The second-order valence-corrected chi connectivity index (χ2v) is 5.37. The molecule has 0 aliphatic rings. The van der Waals surface area contributed by atoms with Crippen molar-refractivity contribution in [3.8, 4) is 0 Å². The number of hydrogen-bond donors (Lipinski definition) is 1. The van der Waals surface area contributed by atoms with E-state index >= 15 is 0 Å². The number of hydrogen-bond acceptors (Lipinski definition) is 1. The summed E-state index contributed by atoms with van der Waals surface area (Å²) in [6.07, 6.45) is 3.60. The summed E-state index contributed by atoms with van der Waals surface area (Å²) in [5, 5.41) is 0.448. The third kappa shape index (κ3) is 4.29. The summed E-state index contributed by atoms with van der Waals surface area (Å²) in [5.74, 6) is 0.692. The lowest BCUT2D eigenvalue weighted by Crippen LogP contribution is -1.98.